The first-order chi connectivity index (χ1) is 17.8. The zero-order valence-corrected chi connectivity index (χ0v) is 22.4. The number of hydrogen-bond donors (Lipinski definition) is 0. The number of alkyl halides is 1. The van der Waals surface area contributed by atoms with Gasteiger partial charge in [-0.2, -0.15) is 0 Å². The highest BCUT2D eigenvalue weighted by Crippen LogP contribution is 2.60. The molecule has 0 bridgehead atoms. The first-order valence-corrected chi connectivity index (χ1v) is 13.4. The van der Waals surface area contributed by atoms with Gasteiger partial charge in [0.15, 0.2) is 0 Å². The molecule has 7 rings (SSSR count). The molecule has 2 aliphatic carbocycles. The van der Waals surface area contributed by atoms with Crippen LogP contribution in [0.15, 0.2) is 103 Å². The van der Waals surface area contributed by atoms with Gasteiger partial charge >= 0.3 is 0 Å². The van der Waals surface area contributed by atoms with Crippen LogP contribution in [0.5, 0.6) is 0 Å². The van der Waals surface area contributed by atoms with Crippen LogP contribution in [0.4, 0.5) is 0 Å². The Morgan fingerprint density at radius 3 is 1.59 bits per heavy atom. The summed E-state index contributed by atoms with van der Waals surface area (Å²) < 4.78 is 0. The number of fused-ring (bicyclic) bond motifs is 6. The molecule has 5 aromatic rings. The molecule has 37 heavy (non-hydrogen) atoms. The van der Waals surface area contributed by atoms with E-state index in [1.807, 2.05) is 0 Å². The van der Waals surface area contributed by atoms with E-state index in [0.29, 0.717) is 0 Å². The van der Waals surface area contributed by atoms with Crippen LogP contribution in [0.1, 0.15) is 57.0 Å². The molecule has 0 amide bonds. The van der Waals surface area contributed by atoms with Gasteiger partial charge in [-0.15, -0.1) is 11.6 Å². The van der Waals surface area contributed by atoms with E-state index in [9.17, 15) is 0 Å². The first kappa shape index (κ1) is 22.6. The molecule has 0 radical (unpaired) electrons. The molecule has 0 spiro atoms. The normalized spacial score (nSPS) is 20.8. The van der Waals surface area contributed by atoms with Crippen molar-refractivity contribution in [3.63, 3.8) is 0 Å². The summed E-state index contributed by atoms with van der Waals surface area (Å²) >= 11 is 7.38. The third-order valence-electron chi connectivity index (χ3n) is 8.60. The van der Waals surface area contributed by atoms with Crippen molar-refractivity contribution in [2.24, 2.45) is 0 Å². The Labute approximate surface area is 224 Å². The Morgan fingerprint density at radius 2 is 0.919 bits per heavy atom. The minimum atomic E-state index is -0.557. The highest BCUT2D eigenvalue weighted by Gasteiger charge is 2.48. The Balaban J connectivity index is 1.65. The smallest absolute Gasteiger partial charge is 0.0928 e. The summed E-state index contributed by atoms with van der Waals surface area (Å²) in [6, 6.07) is 38.7. The van der Waals surface area contributed by atoms with Crippen molar-refractivity contribution < 1.29 is 0 Å². The van der Waals surface area contributed by atoms with E-state index in [0.717, 1.165) is 0 Å². The largest absolute Gasteiger partial charge is 0.109 e. The quantitative estimate of drug-likeness (QED) is 0.209. The SMILES string of the molecule is Cc1ccc(C2(c3ccccc3)c3cc(C)ccc3-c3cc4c(cc32)-c2ccc(C)cc2C4(C)Cl)cc1. The molecule has 5 aromatic carbocycles. The van der Waals surface area contributed by atoms with Gasteiger partial charge in [0.05, 0.1) is 10.3 Å². The maximum absolute atomic E-state index is 7.38. The lowest BCUT2D eigenvalue weighted by Gasteiger charge is -2.34. The molecule has 0 saturated heterocycles. The van der Waals surface area contributed by atoms with Gasteiger partial charge in [0.1, 0.15) is 0 Å². The molecule has 2 atom stereocenters. The molecular weight excluding hydrogens is 468 g/mol. The van der Waals surface area contributed by atoms with Crippen LogP contribution < -0.4 is 0 Å². The molecule has 1 heteroatoms. The lowest BCUT2D eigenvalue weighted by atomic mass is 9.67. The Hall–Kier alpha value is -3.61. The van der Waals surface area contributed by atoms with E-state index in [1.54, 1.807) is 0 Å². The summed E-state index contributed by atoms with van der Waals surface area (Å²) in [5, 5.41) is 0. The summed E-state index contributed by atoms with van der Waals surface area (Å²) in [6.45, 7) is 8.66. The van der Waals surface area contributed by atoms with Crippen LogP contribution in [0, 0.1) is 20.8 Å². The van der Waals surface area contributed by atoms with Gasteiger partial charge in [-0.25, -0.2) is 0 Å². The Bertz CT molecular complexity index is 1710. The zero-order valence-electron chi connectivity index (χ0n) is 21.7. The molecule has 180 valence electrons. The summed E-state index contributed by atoms with van der Waals surface area (Å²) in [5.74, 6) is 0. The van der Waals surface area contributed by atoms with Crippen LogP contribution in [0.2, 0.25) is 0 Å². The molecular formula is C36H29Cl. The topological polar surface area (TPSA) is 0 Å². The molecule has 0 saturated carbocycles. The van der Waals surface area contributed by atoms with Crippen molar-refractivity contribution in [2.75, 3.05) is 0 Å². The van der Waals surface area contributed by atoms with E-state index in [4.69, 9.17) is 11.6 Å². The van der Waals surface area contributed by atoms with Crippen molar-refractivity contribution in [2.45, 2.75) is 38.0 Å². The average molecular weight is 497 g/mol. The predicted molar refractivity (Wildman–Crippen MR) is 156 cm³/mol. The third kappa shape index (κ3) is 2.97. The fourth-order valence-electron chi connectivity index (χ4n) is 6.80. The third-order valence-corrected chi connectivity index (χ3v) is 9.01. The summed E-state index contributed by atoms with van der Waals surface area (Å²) in [5.41, 5.74) is 16.1. The van der Waals surface area contributed by atoms with Crippen molar-refractivity contribution in [3.05, 3.63) is 153 Å². The Morgan fingerprint density at radius 1 is 0.459 bits per heavy atom. The van der Waals surface area contributed by atoms with Crippen molar-refractivity contribution >= 4 is 11.6 Å². The molecule has 0 aromatic heterocycles. The molecule has 2 unspecified atom stereocenters. The number of aryl methyl sites for hydroxylation is 3. The van der Waals surface area contributed by atoms with Crippen molar-refractivity contribution in [3.8, 4) is 22.3 Å². The number of benzene rings is 5. The number of rotatable bonds is 2. The average Bonchev–Trinajstić information content (AvgIpc) is 3.29. The van der Waals surface area contributed by atoms with E-state index in [2.05, 4.69) is 131 Å². The van der Waals surface area contributed by atoms with Crippen LogP contribution in [0.25, 0.3) is 22.3 Å². The lowest BCUT2D eigenvalue weighted by Crippen LogP contribution is -2.28. The summed E-state index contributed by atoms with van der Waals surface area (Å²) in [6.07, 6.45) is 0. The van der Waals surface area contributed by atoms with E-state index < -0.39 is 10.3 Å². The number of hydrogen-bond acceptors (Lipinski definition) is 0. The van der Waals surface area contributed by atoms with Crippen molar-refractivity contribution in [1.82, 2.24) is 0 Å². The minimum absolute atomic E-state index is 0.406. The highest BCUT2D eigenvalue weighted by molar-refractivity contribution is 6.28. The van der Waals surface area contributed by atoms with Gasteiger partial charge in [0.2, 0.25) is 0 Å². The van der Waals surface area contributed by atoms with Gasteiger partial charge in [-0.05, 0) is 95.5 Å². The molecule has 0 nitrogen and oxygen atoms in total. The predicted octanol–water partition coefficient (Wildman–Crippen LogP) is 9.46. The highest BCUT2D eigenvalue weighted by atomic mass is 35.5. The zero-order chi connectivity index (χ0) is 25.5. The van der Waals surface area contributed by atoms with Gasteiger partial charge in [0.25, 0.3) is 0 Å². The van der Waals surface area contributed by atoms with Crippen LogP contribution in [-0.2, 0) is 10.3 Å². The van der Waals surface area contributed by atoms with Crippen molar-refractivity contribution in [1.29, 1.82) is 0 Å². The first-order valence-electron chi connectivity index (χ1n) is 13.1. The molecule has 0 fully saturated rings. The molecule has 0 N–H and O–H groups in total. The van der Waals surface area contributed by atoms with E-state index in [1.165, 1.54) is 72.3 Å². The van der Waals surface area contributed by atoms with Gasteiger partial charge in [0, 0.05) is 0 Å². The van der Waals surface area contributed by atoms with Gasteiger partial charge in [-0.3, -0.25) is 0 Å². The minimum Gasteiger partial charge on any atom is -0.109 e. The summed E-state index contributed by atoms with van der Waals surface area (Å²) in [4.78, 5) is -0.557. The molecule has 0 heterocycles. The maximum Gasteiger partial charge on any atom is 0.0928 e. The van der Waals surface area contributed by atoms with Gasteiger partial charge in [-0.1, -0.05) is 108 Å². The standard InChI is InChI=1S/C36H29Cl/c1-22-10-14-26(15-11-22)36(25-8-6-5-7-9-25)33-19-24(3)13-17-28(33)30-20-32-29(21-34(30)36)27-16-12-23(2)18-31(27)35(32,4)37/h5-21H,1-4H3. The fraction of sp³-hybridized carbons (Fsp3) is 0.167. The molecule has 0 aliphatic heterocycles. The second-order valence-corrected chi connectivity index (χ2v) is 11.8. The van der Waals surface area contributed by atoms with E-state index >= 15 is 0 Å². The maximum atomic E-state index is 7.38. The van der Waals surface area contributed by atoms with Crippen LogP contribution >= 0.6 is 11.6 Å². The lowest BCUT2D eigenvalue weighted by molar-refractivity contribution is 0.766. The fourth-order valence-corrected chi connectivity index (χ4v) is 7.11. The number of halogens is 1. The Kier molecular flexibility index (Phi) is 4.70. The summed E-state index contributed by atoms with van der Waals surface area (Å²) in [7, 11) is 0. The monoisotopic (exact) mass is 496 g/mol. The van der Waals surface area contributed by atoms with Gasteiger partial charge < -0.3 is 0 Å². The second kappa shape index (κ2) is 7.70. The van der Waals surface area contributed by atoms with Crippen LogP contribution in [-0.4, -0.2) is 0 Å². The second-order valence-electron chi connectivity index (χ2n) is 11.0. The van der Waals surface area contributed by atoms with E-state index in [-0.39, 0.29) is 0 Å². The van der Waals surface area contributed by atoms with Crippen LogP contribution in [0.3, 0.4) is 0 Å². The molecule has 2 aliphatic rings.